The molecule has 3 amide bonds. The van der Waals surface area contributed by atoms with E-state index < -0.39 is 6.03 Å². The number of hydrogen-bond acceptors (Lipinski definition) is 3. The lowest BCUT2D eigenvalue weighted by Gasteiger charge is -2.09. The van der Waals surface area contributed by atoms with Crippen LogP contribution in [0.3, 0.4) is 0 Å². The van der Waals surface area contributed by atoms with Crippen LogP contribution < -0.4 is 16.0 Å². The number of carbonyl (C=O) groups excluding carboxylic acids is 2. The van der Waals surface area contributed by atoms with Gasteiger partial charge in [0.2, 0.25) is 5.91 Å². The van der Waals surface area contributed by atoms with Crippen molar-refractivity contribution in [1.82, 2.24) is 10.6 Å². The maximum absolute atomic E-state index is 11.8. The van der Waals surface area contributed by atoms with Crippen LogP contribution in [0.15, 0.2) is 48.5 Å². The normalized spacial score (nSPS) is 9.76. The van der Waals surface area contributed by atoms with Crippen LogP contribution in [-0.4, -0.2) is 18.5 Å². The summed E-state index contributed by atoms with van der Waals surface area (Å²) in [5.41, 5.74) is 3.65. The number of nitrogens with zero attached hydrogens (tertiary/aromatic N) is 1. The first-order valence-electron chi connectivity index (χ1n) is 7.90. The Morgan fingerprint density at radius 1 is 0.960 bits per heavy atom. The van der Waals surface area contributed by atoms with Gasteiger partial charge in [0.15, 0.2) is 0 Å². The topological polar surface area (TPSA) is 94.0 Å². The van der Waals surface area contributed by atoms with Crippen molar-refractivity contribution in [2.45, 2.75) is 19.9 Å². The fourth-order valence-corrected chi connectivity index (χ4v) is 2.11. The Morgan fingerprint density at radius 2 is 1.60 bits per heavy atom. The fourth-order valence-electron chi connectivity index (χ4n) is 2.11. The zero-order valence-corrected chi connectivity index (χ0v) is 14.0. The molecule has 128 valence electrons. The number of amides is 3. The number of hydrogen-bond donors (Lipinski definition) is 3. The number of nitriles is 1. The number of urea groups is 1. The minimum atomic E-state index is -0.403. The van der Waals surface area contributed by atoms with E-state index in [2.05, 4.69) is 22.0 Å². The molecule has 2 aromatic rings. The Balaban J connectivity index is 1.71. The molecule has 2 rings (SSSR count). The van der Waals surface area contributed by atoms with Crippen molar-refractivity contribution in [2.75, 3.05) is 11.9 Å². The quantitative estimate of drug-likeness (QED) is 0.756. The number of benzene rings is 2. The molecule has 0 aliphatic heterocycles. The number of aryl methyl sites for hydroxylation is 1. The predicted molar refractivity (Wildman–Crippen MR) is 95.8 cm³/mol. The molecule has 0 atom stereocenters. The highest BCUT2D eigenvalue weighted by Crippen LogP contribution is 2.09. The summed E-state index contributed by atoms with van der Waals surface area (Å²) >= 11 is 0. The molecule has 0 aliphatic rings. The average molecular weight is 336 g/mol. The zero-order chi connectivity index (χ0) is 18.1. The highest BCUT2D eigenvalue weighted by molar-refractivity contribution is 5.94. The summed E-state index contributed by atoms with van der Waals surface area (Å²) in [6, 6.07) is 16.5. The van der Waals surface area contributed by atoms with E-state index in [1.165, 1.54) is 0 Å². The third-order valence-corrected chi connectivity index (χ3v) is 3.50. The molecule has 0 aliphatic carbocycles. The molecule has 3 N–H and O–H groups in total. The number of anilines is 1. The molecule has 0 saturated heterocycles. The third kappa shape index (κ3) is 6.36. The van der Waals surface area contributed by atoms with Gasteiger partial charge in [0.05, 0.1) is 19.0 Å². The molecule has 25 heavy (non-hydrogen) atoms. The second-order valence-corrected chi connectivity index (χ2v) is 5.60. The first-order chi connectivity index (χ1) is 12.1. The molecular weight excluding hydrogens is 316 g/mol. The van der Waals surface area contributed by atoms with E-state index in [-0.39, 0.29) is 12.5 Å². The highest BCUT2D eigenvalue weighted by Gasteiger charge is 2.06. The molecule has 6 heteroatoms. The van der Waals surface area contributed by atoms with Gasteiger partial charge in [0, 0.05) is 12.2 Å². The monoisotopic (exact) mass is 336 g/mol. The van der Waals surface area contributed by atoms with E-state index in [9.17, 15) is 9.59 Å². The van der Waals surface area contributed by atoms with Crippen molar-refractivity contribution in [2.24, 2.45) is 0 Å². The van der Waals surface area contributed by atoms with Gasteiger partial charge in [-0.15, -0.1) is 0 Å². The van der Waals surface area contributed by atoms with Crippen molar-refractivity contribution in [3.8, 4) is 6.07 Å². The predicted octanol–water partition coefficient (Wildman–Crippen LogP) is 2.50. The molecule has 2 aromatic carbocycles. The molecule has 0 spiro atoms. The Kier molecular flexibility index (Phi) is 6.55. The summed E-state index contributed by atoms with van der Waals surface area (Å²) in [4.78, 5) is 23.6. The maximum Gasteiger partial charge on any atom is 0.315 e. The van der Waals surface area contributed by atoms with Crippen molar-refractivity contribution in [3.05, 3.63) is 65.2 Å². The van der Waals surface area contributed by atoms with Gasteiger partial charge >= 0.3 is 6.03 Å². The summed E-state index contributed by atoms with van der Waals surface area (Å²) in [7, 11) is 0. The van der Waals surface area contributed by atoms with E-state index in [1.54, 1.807) is 24.3 Å². The minimum Gasteiger partial charge on any atom is -0.334 e. The lowest BCUT2D eigenvalue weighted by atomic mass is 10.1. The summed E-state index contributed by atoms with van der Waals surface area (Å²) in [6.45, 7) is 2.27. The highest BCUT2D eigenvalue weighted by atomic mass is 16.2. The average Bonchev–Trinajstić information content (AvgIpc) is 2.61. The molecule has 6 nitrogen and oxygen atoms in total. The van der Waals surface area contributed by atoms with Crippen LogP contribution >= 0.6 is 0 Å². The van der Waals surface area contributed by atoms with E-state index in [4.69, 9.17) is 5.26 Å². The van der Waals surface area contributed by atoms with E-state index in [0.29, 0.717) is 18.7 Å². The van der Waals surface area contributed by atoms with Gasteiger partial charge in [-0.1, -0.05) is 42.0 Å². The molecule has 0 heterocycles. The van der Waals surface area contributed by atoms with Crippen LogP contribution in [0.4, 0.5) is 10.5 Å². The van der Waals surface area contributed by atoms with Crippen molar-refractivity contribution in [1.29, 1.82) is 5.26 Å². The molecule has 0 bridgehead atoms. The SMILES string of the molecule is Cc1ccc(CNC(=O)NCC(=O)Nc2ccc(CC#N)cc2)cc1. The summed E-state index contributed by atoms with van der Waals surface area (Å²) in [5, 5.41) is 16.5. The lowest BCUT2D eigenvalue weighted by molar-refractivity contribution is -0.115. The lowest BCUT2D eigenvalue weighted by Crippen LogP contribution is -2.39. The van der Waals surface area contributed by atoms with Gasteiger partial charge in [-0.05, 0) is 30.2 Å². The fraction of sp³-hybridized carbons (Fsp3) is 0.211. The first kappa shape index (κ1) is 18.0. The van der Waals surface area contributed by atoms with Gasteiger partial charge in [0.1, 0.15) is 0 Å². The number of rotatable bonds is 6. The summed E-state index contributed by atoms with van der Waals surface area (Å²) < 4.78 is 0. The summed E-state index contributed by atoms with van der Waals surface area (Å²) in [5.74, 6) is -0.321. The van der Waals surface area contributed by atoms with Crippen LogP contribution in [0.1, 0.15) is 16.7 Å². The van der Waals surface area contributed by atoms with Crippen molar-refractivity contribution in [3.63, 3.8) is 0 Å². The Bertz CT molecular complexity index is 762. The van der Waals surface area contributed by atoms with Gasteiger partial charge in [-0.25, -0.2) is 4.79 Å². The van der Waals surface area contributed by atoms with Crippen LogP contribution in [0.25, 0.3) is 0 Å². The molecule has 0 fully saturated rings. The zero-order valence-electron chi connectivity index (χ0n) is 14.0. The van der Waals surface area contributed by atoms with Gasteiger partial charge in [-0.3, -0.25) is 4.79 Å². The van der Waals surface area contributed by atoms with Gasteiger partial charge in [-0.2, -0.15) is 5.26 Å². The molecule has 0 aromatic heterocycles. The Morgan fingerprint density at radius 3 is 2.24 bits per heavy atom. The largest absolute Gasteiger partial charge is 0.334 e. The van der Waals surface area contributed by atoms with Crippen LogP contribution in [0.2, 0.25) is 0 Å². The van der Waals surface area contributed by atoms with E-state index in [1.807, 2.05) is 31.2 Å². The van der Waals surface area contributed by atoms with Gasteiger partial charge in [0.25, 0.3) is 0 Å². The summed E-state index contributed by atoms with van der Waals surface area (Å²) in [6.07, 6.45) is 0.330. The number of carbonyl (C=O) groups is 2. The maximum atomic E-state index is 11.8. The van der Waals surface area contributed by atoms with Crippen LogP contribution in [-0.2, 0) is 17.8 Å². The standard InChI is InChI=1S/C19H20N4O2/c1-14-2-4-16(5-3-14)12-21-19(25)22-13-18(24)23-17-8-6-15(7-9-17)10-11-20/h2-9H,10,12-13H2,1H3,(H,23,24)(H2,21,22,25). The second-order valence-electron chi connectivity index (χ2n) is 5.60. The van der Waals surface area contributed by atoms with Gasteiger partial charge < -0.3 is 16.0 Å². The second kappa shape index (κ2) is 9.08. The Hall–Kier alpha value is -3.33. The smallest absolute Gasteiger partial charge is 0.315 e. The van der Waals surface area contributed by atoms with Crippen molar-refractivity contribution >= 4 is 17.6 Å². The van der Waals surface area contributed by atoms with Crippen molar-refractivity contribution < 1.29 is 9.59 Å². The molecule has 0 radical (unpaired) electrons. The van der Waals surface area contributed by atoms with Crippen LogP contribution in [0, 0.1) is 18.3 Å². The third-order valence-electron chi connectivity index (χ3n) is 3.50. The van der Waals surface area contributed by atoms with E-state index in [0.717, 1.165) is 16.7 Å². The first-order valence-corrected chi connectivity index (χ1v) is 7.90. The molecule has 0 unspecified atom stereocenters. The number of nitrogens with one attached hydrogen (secondary N) is 3. The molecule has 0 saturated carbocycles. The van der Waals surface area contributed by atoms with Crippen LogP contribution in [0.5, 0.6) is 0 Å². The van der Waals surface area contributed by atoms with E-state index >= 15 is 0 Å². The minimum absolute atomic E-state index is 0.125. The Labute approximate surface area is 146 Å². The molecular formula is C19H20N4O2.